The third-order valence-electron chi connectivity index (χ3n) is 14.1. The first-order valence-electron chi connectivity index (χ1n) is 24.7. The van der Waals surface area contributed by atoms with Gasteiger partial charge in [0.2, 0.25) is 0 Å². The van der Waals surface area contributed by atoms with Crippen molar-refractivity contribution in [3.05, 3.63) is 223 Å². The molecule has 12 aromatic rings. The van der Waals surface area contributed by atoms with E-state index >= 15 is 0 Å². The average Bonchev–Trinajstić information content (AvgIpc) is 3.92. The van der Waals surface area contributed by atoms with Crippen LogP contribution in [0.5, 0.6) is 0 Å². The molecular weight excluding hydrogens is 877 g/mol. The summed E-state index contributed by atoms with van der Waals surface area (Å²) in [5.74, 6) is 1.79. The molecule has 0 saturated heterocycles. The minimum Gasteiger partial charge on any atom is -0.309 e. The smallest absolute Gasteiger partial charge is 0.164 e. The monoisotopic (exact) mass is 928 g/mol. The molecule has 0 saturated carbocycles. The van der Waals surface area contributed by atoms with Crippen LogP contribution in [-0.2, 0) is 10.8 Å². The Morgan fingerprint density at radius 3 is 1.21 bits per heavy atom. The van der Waals surface area contributed by atoms with Crippen molar-refractivity contribution in [1.29, 1.82) is 5.26 Å². The molecule has 0 bridgehead atoms. The zero-order valence-corrected chi connectivity index (χ0v) is 41.3. The van der Waals surface area contributed by atoms with Crippen molar-refractivity contribution >= 4 is 43.6 Å². The normalized spacial score (nSPS) is 12.0. The molecule has 9 aromatic carbocycles. The maximum Gasteiger partial charge on any atom is 0.164 e. The number of fused-ring (bicyclic) bond motifs is 6. The topological polar surface area (TPSA) is 72.3 Å². The number of nitriles is 1. The summed E-state index contributed by atoms with van der Waals surface area (Å²) in [7, 11) is 0. The van der Waals surface area contributed by atoms with Crippen LogP contribution in [0.4, 0.5) is 0 Å². The van der Waals surface area contributed by atoms with Crippen LogP contribution >= 0.6 is 0 Å². The third-order valence-corrected chi connectivity index (χ3v) is 14.1. The van der Waals surface area contributed by atoms with Gasteiger partial charge in [-0.2, -0.15) is 5.26 Å². The highest BCUT2D eigenvalue weighted by molar-refractivity contribution is 6.11. The molecule has 0 radical (unpaired) electrons. The van der Waals surface area contributed by atoms with Crippen LogP contribution in [0.15, 0.2) is 206 Å². The van der Waals surface area contributed by atoms with Crippen LogP contribution in [-0.4, -0.2) is 24.1 Å². The molecule has 0 aliphatic carbocycles. The van der Waals surface area contributed by atoms with Crippen LogP contribution in [0.2, 0.25) is 0 Å². The molecule has 6 nitrogen and oxygen atoms in total. The fourth-order valence-electron chi connectivity index (χ4n) is 10.3. The van der Waals surface area contributed by atoms with Gasteiger partial charge in [0, 0.05) is 49.4 Å². The lowest BCUT2D eigenvalue weighted by Gasteiger charge is -2.21. The largest absolute Gasteiger partial charge is 0.309 e. The van der Waals surface area contributed by atoms with Gasteiger partial charge < -0.3 is 9.13 Å². The molecule has 0 atom stereocenters. The van der Waals surface area contributed by atoms with E-state index in [-0.39, 0.29) is 10.8 Å². The van der Waals surface area contributed by atoms with Gasteiger partial charge in [-0.3, -0.25) is 0 Å². The lowest BCUT2D eigenvalue weighted by Crippen LogP contribution is -2.10. The maximum absolute atomic E-state index is 9.95. The van der Waals surface area contributed by atoms with Gasteiger partial charge in [0.1, 0.15) is 0 Å². The molecule has 0 aliphatic rings. The number of para-hydroxylation sites is 2. The van der Waals surface area contributed by atoms with Crippen molar-refractivity contribution in [3.63, 3.8) is 0 Å². The molecule has 0 amide bonds. The van der Waals surface area contributed by atoms with E-state index < -0.39 is 0 Å². The second-order valence-corrected chi connectivity index (χ2v) is 20.9. The van der Waals surface area contributed by atoms with E-state index in [1.165, 1.54) is 32.7 Å². The van der Waals surface area contributed by atoms with Gasteiger partial charge in [-0.15, -0.1) is 0 Å². The van der Waals surface area contributed by atoms with Crippen LogP contribution in [0.25, 0.3) is 111 Å². The summed E-state index contributed by atoms with van der Waals surface area (Å²) < 4.78 is 4.83. The maximum atomic E-state index is 9.95. The van der Waals surface area contributed by atoms with Gasteiger partial charge in [0.25, 0.3) is 0 Å². The molecule has 72 heavy (non-hydrogen) atoms. The van der Waals surface area contributed by atoms with Gasteiger partial charge in [0.05, 0.1) is 45.1 Å². The van der Waals surface area contributed by atoms with Crippen molar-refractivity contribution in [3.8, 4) is 73.9 Å². The van der Waals surface area contributed by atoms with Crippen LogP contribution in [0.1, 0.15) is 58.2 Å². The fraction of sp³-hybridized carbons (Fsp3) is 0.121. The Labute approximate surface area is 420 Å². The highest BCUT2D eigenvalue weighted by Crippen LogP contribution is 2.44. The van der Waals surface area contributed by atoms with Gasteiger partial charge in [-0.05, 0) is 112 Å². The second kappa shape index (κ2) is 17.2. The Balaban J connectivity index is 1.15. The SMILES string of the molecule is CC(C)(C)c1ccc2c(c1)c1ccccc1n2-c1ccc(-c2nc(-c3ccccc3)nc(-c3ccccc3)n2)cc1-c1ccc(-n2c3ccccc3c3cc(C(C)(C)C)ccc32)c(-c2ccc(C#N)cc2)c1. The first-order chi connectivity index (χ1) is 34.9. The number of nitrogens with zero attached hydrogens (tertiary/aromatic N) is 6. The Morgan fingerprint density at radius 1 is 0.347 bits per heavy atom. The Hall–Kier alpha value is -8.92. The summed E-state index contributed by atoms with van der Waals surface area (Å²) >= 11 is 0. The number of aromatic nitrogens is 5. The molecule has 6 heteroatoms. The van der Waals surface area contributed by atoms with E-state index in [0.29, 0.717) is 23.0 Å². The molecular formula is C66H52N6. The highest BCUT2D eigenvalue weighted by Gasteiger charge is 2.24. The summed E-state index contributed by atoms with van der Waals surface area (Å²) in [5.41, 5.74) is 16.5. The molecule has 0 spiro atoms. The molecule has 0 fully saturated rings. The predicted octanol–water partition coefficient (Wildman–Crippen LogP) is 16.9. The lowest BCUT2D eigenvalue weighted by atomic mass is 9.86. The first-order valence-corrected chi connectivity index (χ1v) is 24.7. The quantitative estimate of drug-likeness (QED) is 0.160. The van der Waals surface area contributed by atoms with E-state index in [1.807, 2.05) is 72.8 Å². The predicted molar refractivity (Wildman–Crippen MR) is 298 cm³/mol. The Morgan fingerprint density at radius 2 is 0.736 bits per heavy atom. The average molecular weight is 929 g/mol. The van der Waals surface area contributed by atoms with Crippen LogP contribution in [0.3, 0.4) is 0 Å². The van der Waals surface area contributed by atoms with Crippen molar-refractivity contribution in [2.75, 3.05) is 0 Å². The van der Waals surface area contributed by atoms with E-state index in [1.54, 1.807) is 0 Å². The number of benzene rings is 9. The summed E-state index contributed by atoms with van der Waals surface area (Å²) in [5, 5.41) is 14.8. The highest BCUT2D eigenvalue weighted by atomic mass is 15.0. The first kappa shape index (κ1) is 44.3. The van der Waals surface area contributed by atoms with Crippen LogP contribution < -0.4 is 0 Å². The Kier molecular flexibility index (Phi) is 10.6. The van der Waals surface area contributed by atoms with Gasteiger partial charge >= 0.3 is 0 Å². The minimum absolute atomic E-state index is 0.0162. The number of rotatable bonds is 7. The number of hydrogen-bond donors (Lipinski definition) is 0. The van der Waals surface area contributed by atoms with E-state index in [2.05, 4.69) is 190 Å². The molecule has 12 rings (SSSR count). The minimum atomic E-state index is -0.0270. The van der Waals surface area contributed by atoms with E-state index in [0.717, 1.165) is 72.4 Å². The summed E-state index contributed by atoms with van der Waals surface area (Å²) in [6.45, 7) is 13.6. The van der Waals surface area contributed by atoms with Gasteiger partial charge in [-0.25, -0.2) is 15.0 Å². The Bertz CT molecular complexity index is 4040. The molecule has 0 N–H and O–H groups in total. The molecule has 346 valence electrons. The van der Waals surface area contributed by atoms with Crippen molar-refractivity contribution < 1.29 is 0 Å². The zero-order valence-electron chi connectivity index (χ0n) is 41.3. The summed E-state index contributed by atoms with van der Waals surface area (Å²) in [6.07, 6.45) is 0. The van der Waals surface area contributed by atoms with Crippen molar-refractivity contribution in [1.82, 2.24) is 24.1 Å². The third kappa shape index (κ3) is 7.71. The standard InChI is InChI=1S/C66H52N6/c1-65(2,3)48-31-35-60-54(39-48)50-21-13-15-23-56(50)71(60)58-33-29-46(37-52(58)43-27-25-42(41-67)26-28-43)53-38-47(64-69-62(44-17-9-7-10-18-44)68-63(70-64)45-19-11-8-12-20-45)30-34-59(53)72-57-24-16-14-22-51(57)55-40-49(66(4,5)6)32-36-61(55)72/h7-40H,1-6H3. The fourth-order valence-corrected chi connectivity index (χ4v) is 10.3. The van der Waals surface area contributed by atoms with E-state index in [4.69, 9.17) is 15.0 Å². The lowest BCUT2D eigenvalue weighted by molar-refractivity contribution is 0.591. The second-order valence-electron chi connectivity index (χ2n) is 20.9. The molecule has 0 aliphatic heterocycles. The molecule has 3 heterocycles. The molecule has 0 unspecified atom stereocenters. The van der Waals surface area contributed by atoms with Crippen molar-refractivity contribution in [2.45, 2.75) is 52.4 Å². The summed E-state index contributed by atoms with van der Waals surface area (Å²) in [4.78, 5) is 15.5. The zero-order chi connectivity index (χ0) is 49.3. The van der Waals surface area contributed by atoms with E-state index in [9.17, 15) is 5.26 Å². The summed E-state index contributed by atoms with van der Waals surface area (Å²) in [6, 6.07) is 75.4. The van der Waals surface area contributed by atoms with Gasteiger partial charge in [-0.1, -0.05) is 169 Å². The molecule has 3 aromatic heterocycles. The van der Waals surface area contributed by atoms with Crippen LogP contribution in [0, 0.1) is 11.3 Å². The number of hydrogen-bond acceptors (Lipinski definition) is 4. The van der Waals surface area contributed by atoms with Crippen molar-refractivity contribution in [2.24, 2.45) is 0 Å². The van der Waals surface area contributed by atoms with Gasteiger partial charge in [0.15, 0.2) is 17.5 Å².